The standard InChI is InChI=1S/C12H14F4O/c1-3-8(2)6-9-4-5-10(13)11(7-9)17-12(14,15)16/h4-5,7-8H,3,6H2,1-2H3. The number of alkyl halides is 3. The zero-order valence-corrected chi connectivity index (χ0v) is 9.64. The molecule has 0 N–H and O–H groups in total. The van der Waals surface area contributed by atoms with Crippen molar-refractivity contribution < 1.29 is 22.3 Å². The first-order chi connectivity index (χ1) is 7.81. The highest BCUT2D eigenvalue weighted by atomic mass is 19.4. The Morgan fingerprint density at radius 2 is 1.94 bits per heavy atom. The van der Waals surface area contributed by atoms with Crippen LogP contribution in [0.1, 0.15) is 25.8 Å². The Kier molecular flexibility index (Phi) is 4.37. The van der Waals surface area contributed by atoms with Gasteiger partial charge in [0.2, 0.25) is 0 Å². The second kappa shape index (κ2) is 5.38. The number of ether oxygens (including phenoxy) is 1. The maximum atomic E-state index is 13.1. The van der Waals surface area contributed by atoms with E-state index in [0.29, 0.717) is 17.9 Å². The molecule has 0 amide bonds. The molecule has 1 aromatic rings. The fourth-order valence-corrected chi connectivity index (χ4v) is 1.42. The molecule has 0 heterocycles. The first-order valence-corrected chi connectivity index (χ1v) is 5.36. The Morgan fingerprint density at radius 3 is 2.47 bits per heavy atom. The van der Waals surface area contributed by atoms with E-state index in [4.69, 9.17) is 0 Å². The maximum absolute atomic E-state index is 13.1. The summed E-state index contributed by atoms with van der Waals surface area (Å²) < 4.78 is 52.7. The highest BCUT2D eigenvalue weighted by Gasteiger charge is 2.32. The molecule has 1 unspecified atom stereocenters. The SMILES string of the molecule is CCC(C)Cc1ccc(F)c(OC(F)(F)F)c1. The molecule has 0 aromatic heterocycles. The smallest absolute Gasteiger partial charge is 0.403 e. The van der Waals surface area contributed by atoms with Gasteiger partial charge in [0.25, 0.3) is 0 Å². The molecule has 1 nitrogen and oxygen atoms in total. The molecular formula is C12H14F4O. The molecule has 1 rings (SSSR count). The van der Waals surface area contributed by atoms with E-state index in [1.165, 1.54) is 6.07 Å². The summed E-state index contributed by atoms with van der Waals surface area (Å²) in [5.41, 5.74) is 0.639. The van der Waals surface area contributed by atoms with Gasteiger partial charge in [-0.3, -0.25) is 0 Å². The van der Waals surface area contributed by atoms with Gasteiger partial charge in [-0.1, -0.05) is 26.3 Å². The van der Waals surface area contributed by atoms with Crippen molar-refractivity contribution in [2.24, 2.45) is 5.92 Å². The highest BCUT2D eigenvalue weighted by Crippen LogP contribution is 2.27. The largest absolute Gasteiger partial charge is 0.573 e. The molecule has 17 heavy (non-hydrogen) atoms. The Labute approximate surface area is 97.4 Å². The Bertz CT molecular complexity index is 373. The van der Waals surface area contributed by atoms with Crippen LogP contribution in [0.4, 0.5) is 17.6 Å². The van der Waals surface area contributed by atoms with E-state index >= 15 is 0 Å². The number of hydrogen-bond donors (Lipinski definition) is 0. The van der Waals surface area contributed by atoms with Gasteiger partial charge >= 0.3 is 6.36 Å². The molecule has 1 atom stereocenters. The van der Waals surface area contributed by atoms with Crippen LogP contribution in [0.3, 0.4) is 0 Å². The topological polar surface area (TPSA) is 9.23 Å². The van der Waals surface area contributed by atoms with Crippen LogP contribution in [-0.2, 0) is 6.42 Å². The minimum atomic E-state index is -4.87. The third kappa shape index (κ3) is 4.63. The zero-order chi connectivity index (χ0) is 13.1. The molecule has 0 saturated heterocycles. The second-order valence-electron chi connectivity index (χ2n) is 4.03. The van der Waals surface area contributed by atoms with E-state index in [1.54, 1.807) is 0 Å². The van der Waals surface area contributed by atoms with Crippen LogP contribution in [0.15, 0.2) is 18.2 Å². The summed E-state index contributed by atoms with van der Waals surface area (Å²) in [6, 6.07) is 3.58. The van der Waals surface area contributed by atoms with Crippen LogP contribution >= 0.6 is 0 Å². The van der Waals surface area contributed by atoms with Crippen LogP contribution in [-0.4, -0.2) is 6.36 Å². The monoisotopic (exact) mass is 250 g/mol. The fraction of sp³-hybridized carbons (Fsp3) is 0.500. The van der Waals surface area contributed by atoms with Crippen molar-refractivity contribution in [3.05, 3.63) is 29.6 Å². The first-order valence-electron chi connectivity index (χ1n) is 5.36. The van der Waals surface area contributed by atoms with E-state index in [2.05, 4.69) is 4.74 Å². The summed E-state index contributed by atoms with van der Waals surface area (Å²) in [6.07, 6.45) is -3.35. The van der Waals surface area contributed by atoms with Crippen molar-refractivity contribution in [1.29, 1.82) is 0 Å². The summed E-state index contributed by atoms with van der Waals surface area (Å²) in [4.78, 5) is 0. The second-order valence-corrected chi connectivity index (χ2v) is 4.03. The van der Waals surface area contributed by atoms with Crippen molar-refractivity contribution in [3.63, 3.8) is 0 Å². The van der Waals surface area contributed by atoms with Gasteiger partial charge in [-0.05, 0) is 30.0 Å². The molecule has 0 aliphatic heterocycles. The van der Waals surface area contributed by atoms with Gasteiger partial charge in [-0.2, -0.15) is 0 Å². The molecule has 1 aromatic carbocycles. The van der Waals surface area contributed by atoms with Crippen LogP contribution in [0.5, 0.6) is 5.75 Å². The van der Waals surface area contributed by atoms with Gasteiger partial charge < -0.3 is 4.74 Å². The lowest BCUT2D eigenvalue weighted by molar-refractivity contribution is -0.275. The molecule has 0 aliphatic rings. The molecular weight excluding hydrogens is 236 g/mol. The highest BCUT2D eigenvalue weighted by molar-refractivity contribution is 5.30. The number of halogens is 4. The van der Waals surface area contributed by atoms with Crippen molar-refractivity contribution in [2.45, 2.75) is 33.1 Å². The normalized spacial score (nSPS) is 13.5. The Hall–Kier alpha value is -1.26. The van der Waals surface area contributed by atoms with E-state index in [-0.39, 0.29) is 0 Å². The van der Waals surface area contributed by atoms with Gasteiger partial charge in [-0.15, -0.1) is 13.2 Å². The molecule has 0 radical (unpaired) electrons. The van der Waals surface area contributed by atoms with E-state index < -0.39 is 17.9 Å². The lowest BCUT2D eigenvalue weighted by Gasteiger charge is -2.12. The zero-order valence-electron chi connectivity index (χ0n) is 9.64. The Morgan fingerprint density at radius 1 is 1.29 bits per heavy atom. The molecule has 0 bridgehead atoms. The molecule has 0 spiro atoms. The molecule has 96 valence electrons. The molecule has 5 heteroatoms. The first kappa shape index (κ1) is 13.8. The number of rotatable bonds is 4. The van der Waals surface area contributed by atoms with Crippen molar-refractivity contribution in [2.75, 3.05) is 0 Å². The van der Waals surface area contributed by atoms with Crippen molar-refractivity contribution in [3.8, 4) is 5.75 Å². The summed E-state index contributed by atoms with van der Waals surface area (Å²) in [6.45, 7) is 3.97. The third-order valence-electron chi connectivity index (χ3n) is 2.50. The van der Waals surface area contributed by atoms with E-state index in [0.717, 1.165) is 18.6 Å². The molecule has 0 saturated carbocycles. The Balaban J connectivity index is 2.87. The summed E-state index contributed by atoms with van der Waals surface area (Å²) in [5, 5.41) is 0. The van der Waals surface area contributed by atoms with Crippen LogP contribution in [0.2, 0.25) is 0 Å². The average molecular weight is 250 g/mol. The molecule has 0 fully saturated rings. The van der Waals surface area contributed by atoms with Gasteiger partial charge in [0, 0.05) is 0 Å². The van der Waals surface area contributed by atoms with Crippen LogP contribution in [0.25, 0.3) is 0 Å². The predicted molar refractivity (Wildman–Crippen MR) is 56.2 cm³/mol. The van der Waals surface area contributed by atoms with Crippen molar-refractivity contribution >= 4 is 0 Å². The lowest BCUT2D eigenvalue weighted by Crippen LogP contribution is -2.18. The van der Waals surface area contributed by atoms with Gasteiger partial charge in [0.15, 0.2) is 11.6 Å². The molecule has 0 aliphatic carbocycles. The third-order valence-corrected chi connectivity index (χ3v) is 2.50. The van der Waals surface area contributed by atoms with Crippen molar-refractivity contribution in [1.82, 2.24) is 0 Å². The fourth-order valence-electron chi connectivity index (χ4n) is 1.42. The van der Waals surface area contributed by atoms with Crippen LogP contribution < -0.4 is 4.74 Å². The van der Waals surface area contributed by atoms with Gasteiger partial charge in [0.05, 0.1) is 0 Å². The van der Waals surface area contributed by atoms with Gasteiger partial charge in [-0.25, -0.2) is 4.39 Å². The lowest BCUT2D eigenvalue weighted by atomic mass is 9.99. The van der Waals surface area contributed by atoms with Gasteiger partial charge in [0.1, 0.15) is 0 Å². The number of benzene rings is 1. The minimum Gasteiger partial charge on any atom is -0.403 e. The summed E-state index contributed by atoms with van der Waals surface area (Å²) >= 11 is 0. The van der Waals surface area contributed by atoms with Crippen LogP contribution in [0, 0.1) is 11.7 Å². The quantitative estimate of drug-likeness (QED) is 0.723. The minimum absolute atomic E-state index is 0.333. The van der Waals surface area contributed by atoms with E-state index in [9.17, 15) is 17.6 Å². The summed E-state index contributed by atoms with van der Waals surface area (Å²) in [7, 11) is 0. The number of hydrogen-bond acceptors (Lipinski definition) is 1. The average Bonchev–Trinajstić information content (AvgIpc) is 2.21. The summed E-state index contributed by atoms with van der Waals surface area (Å²) in [5.74, 6) is -1.44. The maximum Gasteiger partial charge on any atom is 0.573 e. The van der Waals surface area contributed by atoms with E-state index in [1.807, 2.05) is 13.8 Å². The predicted octanol–water partition coefficient (Wildman–Crippen LogP) is 4.31.